The molecule has 1 heterocycles. The molecule has 1 saturated heterocycles. The van der Waals surface area contributed by atoms with E-state index in [1.807, 2.05) is 38.7 Å². The number of hydrogen-bond acceptors (Lipinski definition) is 3. The van der Waals surface area contributed by atoms with E-state index in [2.05, 4.69) is 37.8 Å². The summed E-state index contributed by atoms with van der Waals surface area (Å²) >= 11 is 0. The molecule has 4 nitrogen and oxygen atoms in total. The van der Waals surface area contributed by atoms with Crippen LogP contribution in [0.3, 0.4) is 0 Å². The standard InChI is InChI=1S/C23H35NO3/c1-16(2)13-20-19(14-17(3)18-11-9-8-10-12-18)15-21(26-7)24(20)22(25)27-23(4,5)6/h8-12,17,19-21H,1,13-15H2,2-7H3/t17-,19-,20-,21?/m0/s1. The molecule has 4 heteroatoms. The molecule has 2 rings (SSSR count). The lowest BCUT2D eigenvalue weighted by molar-refractivity contribution is -0.0417. The molecular weight excluding hydrogens is 338 g/mol. The molecular formula is C23H35NO3. The molecule has 0 radical (unpaired) electrons. The summed E-state index contributed by atoms with van der Waals surface area (Å²) in [5.74, 6) is 0.759. The first-order valence-corrected chi connectivity index (χ1v) is 9.85. The highest BCUT2D eigenvalue weighted by atomic mass is 16.6. The van der Waals surface area contributed by atoms with Crippen LogP contribution in [0.5, 0.6) is 0 Å². The predicted octanol–water partition coefficient (Wildman–Crippen LogP) is 5.74. The molecule has 0 N–H and O–H groups in total. The number of nitrogens with zero attached hydrogens (tertiary/aromatic N) is 1. The van der Waals surface area contributed by atoms with Gasteiger partial charge in [0.25, 0.3) is 0 Å². The topological polar surface area (TPSA) is 38.8 Å². The Balaban J connectivity index is 2.23. The third-order valence-corrected chi connectivity index (χ3v) is 5.17. The number of rotatable bonds is 6. The van der Waals surface area contributed by atoms with Gasteiger partial charge in [-0.15, -0.1) is 6.58 Å². The fourth-order valence-corrected chi connectivity index (χ4v) is 3.99. The highest BCUT2D eigenvalue weighted by Gasteiger charge is 2.45. The van der Waals surface area contributed by atoms with Gasteiger partial charge < -0.3 is 9.47 Å². The van der Waals surface area contributed by atoms with Crippen molar-refractivity contribution in [3.05, 3.63) is 48.0 Å². The van der Waals surface area contributed by atoms with Crippen LogP contribution >= 0.6 is 0 Å². The summed E-state index contributed by atoms with van der Waals surface area (Å²) in [5, 5.41) is 0. The maximum Gasteiger partial charge on any atom is 0.412 e. The van der Waals surface area contributed by atoms with E-state index in [-0.39, 0.29) is 18.4 Å². The third-order valence-electron chi connectivity index (χ3n) is 5.17. The number of carbonyl (C=O) groups is 1. The van der Waals surface area contributed by atoms with Crippen LogP contribution in [0, 0.1) is 5.92 Å². The Bertz CT molecular complexity index is 635. The molecule has 0 aliphatic carbocycles. The van der Waals surface area contributed by atoms with Gasteiger partial charge in [-0.25, -0.2) is 4.79 Å². The average Bonchev–Trinajstić information content (AvgIpc) is 2.91. The van der Waals surface area contributed by atoms with Crippen molar-refractivity contribution in [1.82, 2.24) is 4.90 Å². The summed E-state index contributed by atoms with van der Waals surface area (Å²) in [5.41, 5.74) is 1.87. The Hall–Kier alpha value is -1.81. The molecule has 1 aromatic rings. The number of methoxy groups -OCH3 is 1. The molecule has 0 aromatic heterocycles. The van der Waals surface area contributed by atoms with E-state index in [0.717, 1.165) is 24.8 Å². The lowest BCUT2D eigenvalue weighted by Crippen LogP contribution is -2.46. The third kappa shape index (κ3) is 5.83. The quantitative estimate of drug-likeness (QED) is 0.596. The molecule has 0 bridgehead atoms. The van der Waals surface area contributed by atoms with Crippen molar-refractivity contribution in [3.63, 3.8) is 0 Å². The van der Waals surface area contributed by atoms with Crippen LogP contribution in [0.15, 0.2) is 42.5 Å². The van der Waals surface area contributed by atoms with Gasteiger partial charge in [-0.05, 0) is 64.4 Å². The second-order valence-electron chi connectivity index (χ2n) is 8.85. The zero-order valence-electron chi connectivity index (χ0n) is 17.7. The van der Waals surface area contributed by atoms with Crippen molar-refractivity contribution in [2.45, 2.75) is 77.7 Å². The van der Waals surface area contributed by atoms with Crippen LogP contribution in [0.4, 0.5) is 4.79 Å². The van der Waals surface area contributed by atoms with Crippen molar-refractivity contribution in [2.24, 2.45) is 5.92 Å². The van der Waals surface area contributed by atoms with Crippen molar-refractivity contribution in [2.75, 3.05) is 7.11 Å². The molecule has 150 valence electrons. The molecule has 0 spiro atoms. The summed E-state index contributed by atoms with van der Waals surface area (Å²) in [4.78, 5) is 14.7. The Labute approximate surface area is 164 Å². The lowest BCUT2D eigenvalue weighted by atomic mass is 9.84. The maximum atomic E-state index is 12.9. The van der Waals surface area contributed by atoms with E-state index in [0.29, 0.717) is 11.8 Å². The van der Waals surface area contributed by atoms with Gasteiger partial charge in [0.05, 0.1) is 0 Å². The number of hydrogen-bond donors (Lipinski definition) is 0. The summed E-state index contributed by atoms with van der Waals surface area (Å²) in [6.07, 6.45) is 2.05. The average molecular weight is 374 g/mol. The second-order valence-corrected chi connectivity index (χ2v) is 8.85. The molecule has 1 aliphatic heterocycles. The molecule has 1 fully saturated rings. The van der Waals surface area contributed by atoms with E-state index in [1.54, 1.807) is 7.11 Å². The van der Waals surface area contributed by atoms with Crippen molar-refractivity contribution in [1.29, 1.82) is 0 Å². The van der Waals surface area contributed by atoms with Gasteiger partial charge in [0.1, 0.15) is 11.8 Å². The van der Waals surface area contributed by atoms with Gasteiger partial charge in [0.15, 0.2) is 0 Å². The first-order valence-electron chi connectivity index (χ1n) is 9.85. The summed E-state index contributed by atoms with van der Waals surface area (Å²) in [6, 6.07) is 10.6. The predicted molar refractivity (Wildman–Crippen MR) is 110 cm³/mol. The fraction of sp³-hybridized carbons (Fsp3) is 0.609. The van der Waals surface area contributed by atoms with E-state index in [9.17, 15) is 4.79 Å². The Morgan fingerprint density at radius 2 is 1.93 bits per heavy atom. The second kappa shape index (κ2) is 8.92. The van der Waals surface area contributed by atoms with Crippen LogP contribution < -0.4 is 0 Å². The van der Waals surface area contributed by atoms with Gasteiger partial charge in [-0.1, -0.05) is 42.8 Å². The summed E-state index contributed by atoms with van der Waals surface area (Å²) in [6.45, 7) is 14.0. The summed E-state index contributed by atoms with van der Waals surface area (Å²) < 4.78 is 11.4. The molecule has 1 unspecified atom stereocenters. The van der Waals surface area contributed by atoms with Gasteiger partial charge in [-0.2, -0.15) is 0 Å². The number of amides is 1. The molecule has 1 aliphatic rings. The van der Waals surface area contributed by atoms with Crippen LogP contribution in [-0.4, -0.2) is 36.0 Å². The van der Waals surface area contributed by atoms with Gasteiger partial charge in [0, 0.05) is 13.2 Å². The van der Waals surface area contributed by atoms with E-state index >= 15 is 0 Å². The molecule has 4 atom stereocenters. The molecule has 0 saturated carbocycles. The monoisotopic (exact) mass is 373 g/mol. The van der Waals surface area contributed by atoms with Crippen LogP contribution in [0.1, 0.15) is 65.4 Å². The Kier molecular flexibility index (Phi) is 7.10. The maximum absolute atomic E-state index is 12.9. The normalized spacial score (nSPS) is 23.9. The molecule has 1 amide bonds. The van der Waals surface area contributed by atoms with Crippen molar-refractivity contribution in [3.8, 4) is 0 Å². The smallest absolute Gasteiger partial charge is 0.412 e. The zero-order chi connectivity index (χ0) is 20.2. The van der Waals surface area contributed by atoms with Crippen LogP contribution in [0.25, 0.3) is 0 Å². The highest BCUT2D eigenvalue weighted by Crippen LogP contribution is 2.40. The lowest BCUT2D eigenvalue weighted by Gasteiger charge is -2.33. The zero-order valence-corrected chi connectivity index (χ0v) is 17.7. The van der Waals surface area contributed by atoms with Gasteiger partial charge >= 0.3 is 6.09 Å². The number of benzene rings is 1. The summed E-state index contributed by atoms with van der Waals surface area (Å²) in [7, 11) is 1.67. The van der Waals surface area contributed by atoms with Crippen LogP contribution in [-0.2, 0) is 9.47 Å². The Morgan fingerprint density at radius 3 is 2.44 bits per heavy atom. The number of ether oxygens (including phenoxy) is 2. The van der Waals surface area contributed by atoms with Crippen molar-refractivity contribution < 1.29 is 14.3 Å². The van der Waals surface area contributed by atoms with E-state index in [1.165, 1.54) is 5.56 Å². The largest absolute Gasteiger partial charge is 0.444 e. The number of likely N-dealkylation sites (tertiary alicyclic amines) is 1. The van der Waals surface area contributed by atoms with E-state index < -0.39 is 5.60 Å². The van der Waals surface area contributed by atoms with E-state index in [4.69, 9.17) is 9.47 Å². The molecule has 1 aromatic carbocycles. The van der Waals surface area contributed by atoms with Crippen LogP contribution in [0.2, 0.25) is 0 Å². The minimum absolute atomic E-state index is 0.0495. The SMILES string of the molecule is C=C(C)C[C@H]1[C@@H](C[C@H](C)c2ccccc2)CC(OC)N1C(=O)OC(C)(C)C. The fourth-order valence-electron chi connectivity index (χ4n) is 3.99. The minimum atomic E-state index is -0.529. The Morgan fingerprint density at radius 1 is 1.30 bits per heavy atom. The van der Waals surface area contributed by atoms with Crippen molar-refractivity contribution >= 4 is 6.09 Å². The first-order chi connectivity index (χ1) is 12.6. The number of carbonyl (C=O) groups excluding carboxylic acids is 1. The van der Waals surface area contributed by atoms with Gasteiger partial charge in [0.2, 0.25) is 0 Å². The first kappa shape index (κ1) is 21.5. The molecule has 27 heavy (non-hydrogen) atoms. The highest BCUT2D eigenvalue weighted by molar-refractivity contribution is 5.69. The minimum Gasteiger partial charge on any atom is -0.444 e. The van der Waals surface area contributed by atoms with Gasteiger partial charge in [-0.3, -0.25) is 4.90 Å².